The van der Waals surface area contributed by atoms with Crippen molar-refractivity contribution in [3.63, 3.8) is 0 Å². The van der Waals surface area contributed by atoms with Gasteiger partial charge in [-0.2, -0.15) is 0 Å². The highest BCUT2D eigenvalue weighted by atomic mass is 16.5. The van der Waals surface area contributed by atoms with Gasteiger partial charge in [-0.1, -0.05) is 42.0 Å². The monoisotopic (exact) mass is 374 g/mol. The predicted octanol–water partition coefficient (Wildman–Crippen LogP) is 4.34. The van der Waals surface area contributed by atoms with Gasteiger partial charge in [-0.25, -0.2) is 9.97 Å². The van der Waals surface area contributed by atoms with Crippen molar-refractivity contribution < 1.29 is 4.74 Å². The molecule has 0 bridgehead atoms. The molecule has 4 rings (SSSR count). The van der Waals surface area contributed by atoms with Crippen LogP contribution >= 0.6 is 0 Å². The smallest absolute Gasteiger partial charge is 0.134 e. The van der Waals surface area contributed by atoms with Crippen molar-refractivity contribution in [2.75, 3.05) is 31.6 Å². The zero-order valence-corrected chi connectivity index (χ0v) is 16.5. The van der Waals surface area contributed by atoms with E-state index in [0.29, 0.717) is 0 Å². The van der Waals surface area contributed by atoms with Crippen molar-refractivity contribution in [2.45, 2.75) is 20.4 Å². The Kier molecular flexibility index (Phi) is 5.65. The fraction of sp³-hybridized carbons (Fsp3) is 0.304. The Hall–Kier alpha value is -2.76. The number of rotatable bonds is 5. The average molecular weight is 374 g/mol. The normalized spacial score (nSPS) is 14.8. The van der Waals surface area contributed by atoms with Crippen LogP contribution in [0.1, 0.15) is 17.0 Å². The van der Waals surface area contributed by atoms with E-state index in [1.54, 1.807) is 0 Å². The second kappa shape index (κ2) is 8.50. The van der Waals surface area contributed by atoms with E-state index >= 15 is 0 Å². The van der Waals surface area contributed by atoms with Crippen LogP contribution in [-0.2, 0) is 11.3 Å². The zero-order chi connectivity index (χ0) is 19.3. The third-order valence-electron chi connectivity index (χ3n) is 4.92. The molecule has 0 unspecified atom stereocenters. The molecule has 1 fully saturated rings. The molecular weight excluding hydrogens is 348 g/mol. The Labute approximate surface area is 166 Å². The number of nitrogens with zero attached hydrogens (tertiary/aromatic N) is 3. The summed E-state index contributed by atoms with van der Waals surface area (Å²) in [5.41, 5.74) is 5.61. The molecule has 2 aromatic carbocycles. The van der Waals surface area contributed by atoms with Crippen LogP contribution in [0, 0.1) is 13.8 Å². The molecule has 3 aromatic rings. The topological polar surface area (TPSA) is 50.3 Å². The molecule has 5 heteroatoms. The average Bonchev–Trinajstić information content (AvgIpc) is 2.70. The molecule has 1 saturated heterocycles. The minimum Gasteiger partial charge on any atom is -0.379 e. The van der Waals surface area contributed by atoms with Crippen molar-refractivity contribution in [3.8, 4) is 11.3 Å². The fourth-order valence-electron chi connectivity index (χ4n) is 3.36. The van der Waals surface area contributed by atoms with Crippen molar-refractivity contribution in [1.82, 2.24) is 14.9 Å². The molecule has 0 saturated carbocycles. The number of benzene rings is 2. The van der Waals surface area contributed by atoms with E-state index in [2.05, 4.69) is 75.6 Å². The Balaban J connectivity index is 1.47. The summed E-state index contributed by atoms with van der Waals surface area (Å²) in [6.45, 7) is 8.64. The van der Waals surface area contributed by atoms with Gasteiger partial charge in [0.25, 0.3) is 0 Å². The third kappa shape index (κ3) is 4.74. The summed E-state index contributed by atoms with van der Waals surface area (Å²) in [6.07, 6.45) is 0. The van der Waals surface area contributed by atoms with Gasteiger partial charge in [0.2, 0.25) is 0 Å². The highest BCUT2D eigenvalue weighted by molar-refractivity contribution is 5.66. The largest absolute Gasteiger partial charge is 0.379 e. The molecule has 0 radical (unpaired) electrons. The van der Waals surface area contributed by atoms with Gasteiger partial charge in [-0.15, -0.1) is 0 Å². The van der Waals surface area contributed by atoms with Crippen LogP contribution in [0.2, 0.25) is 0 Å². The first kappa shape index (κ1) is 18.6. The first-order valence-corrected chi connectivity index (χ1v) is 9.74. The standard InChI is InChI=1S/C23H26N4O/c1-17-3-7-20(8-4-17)22-15-23(25-18(2)24-22)26-21-9-5-19(6-10-21)16-27-11-13-28-14-12-27/h3-10,15H,11-14,16H2,1-2H3,(H,24,25,26). The lowest BCUT2D eigenvalue weighted by Gasteiger charge is -2.26. The summed E-state index contributed by atoms with van der Waals surface area (Å²) < 4.78 is 5.42. The second-order valence-electron chi connectivity index (χ2n) is 7.26. The van der Waals surface area contributed by atoms with Gasteiger partial charge < -0.3 is 10.1 Å². The summed E-state index contributed by atoms with van der Waals surface area (Å²) in [6, 6.07) is 19.0. The van der Waals surface area contributed by atoms with Gasteiger partial charge in [-0.3, -0.25) is 4.90 Å². The van der Waals surface area contributed by atoms with Crippen molar-refractivity contribution in [1.29, 1.82) is 0 Å². The maximum Gasteiger partial charge on any atom is 0.134 e. The van der Waals surface area contributed by atoms with Gasteiger partial charge >= 0.3 is 0 Å². The summed E-state index contributed by atoms with van der Waals surface area (Å²) in [4.78, 5) is 11.6. The molecule has 0 aliphatic carbocycles. The third-order valence-corrected chi connectivity index (χ3v) is 4.92. The highest BCUT2D eigenvalue weighted by Gasteiger charge is 2.10. The molecule has 0 amide bonds. The van der Waals surface area contributed by atoms with E-state index in [4.69, 9.17) is 4.74 Å². The Bertz CT molecular complexity index is 916. The molecule has 1 aliphatic rings. The van der Waals surface area contributed by atoms with Gasteiger partial charge in [0, 0.05) is 37.0 Å². The fourth-order valence-corrected chi connectivity index (χ4v) is 3.36. The van der Waals surface area contributed by atoms with Crippen molar-refractivity contribution in [3.05, 3.63) is 71.5 Å². The van der Waals surface area contributed by atoms with Crippen molar-refractivity contribution >= 4 is 11.5 Å². The van der Waals surface area contributed by atoms with E-state index in [1.165, 1.54) is 11.1 Å². The van der Waals surface area contributed by atoms with E-state index in [0.717, 1.165) is 61.4 Å². The minimum absolute atomic E-state index is 0.754. The molecule has 5 nitrogen and oxygen atoms in total. The second-order valence-corrected chi connectivity index (χ2v) is 7.26. The van der Waals surface area contributed by atoms with Gasteiger partial charge in [0.15, 0.2) is 0 Å². The van der Waals surface area contributed by atoms with Gasteiger partial charge in [0.1, 0.15) is 11.6 Å². The summed E-state index contributed by atoms with van der Waals surface area (Å²) in [5, 5.41) is 3.41. The first-order valence-electron chi connectivity index (χ1n) is 9.74. The van der Waals surface area contributed by atoms with Crippen LogP contribution in [0.5, 0.6) is 0 Å². The molecule has 1 N–H and O–H groups in total. The van der Waals surface area contributed by atoms with E-state index in [1.807, 2.05) is 13.0 Å². The molecule has 0 atom stereocenters. The first-order chi connectivity index (χ1) is 13.7. The zero-order valence-electron chi connectivity index (χ0n) is 16.5. The molecule has 2 heterocycles. The van der Waals surface area contributed by atoms with Crippen LogP contribution in [-0.4, -0.2) is 41.2 Å². The van der Waals surface area contributed by atoms with E-state index in [-0.39, 0.29) is 0 Å². The lowest BCUT2D eigenvalue weighted by Crippen LogP contribution is -2.35. The summed E-state index contributed by atoms with van der Waals surface area (Å²) >= 11 is 0. The van der Waals surface area contributed by atoms with Crippen LogP contribution in [0.3, 0.4) is 0 Å². The number of aromatic nitrogens is 2. The lowest BCUT2D eigenvalue weighted by atomic mass is 10.1. The minimum atomic E-state index is 0.754. The summed E-state index contributed by atoms with van der Waals surface area (Å²) in [7, 11) is 0. The Morgan fingerprint density at radius 3 is 2.36 bits per heavy atom. The van der Waals surface area contributed by atoms with Crippen molar-refractivity contribution in [2.24, 2.45) is 0 Å². The maximum atomic E-state index is 5.42. The quantitative estimate of drug-likeness (QED) is 0.720. The van der Waals surface area contributed by atoms with Gasteiger partial charge in [0.05, 0.1) is 18.9 Å². The lowest BCUT2D eigenvalue weighted by molar-refractivity contribution is 0.0342. The molecule has 28 heavy (non-hydrogen) atoms. The Morgan fingerprint density at radius 2 is 1.64 bits per heavy atom. The number of nitrogens with one attached hydrogen (secondary N) is 1. The number of aryl methyl sites for hydroxylation is 2. The molecule has 0 spiro atoms. The van der Waals surface area contributed by atoms with Crippen LogP contribution in [0.4, 0.5) is 11.5 Å². The number of anilines is 2. The maximum absolute atomic E-state index is 5.42. The highest BCUT2D eigenvalue weighted by Crippen LogP contribution is 2.23. The predicted molar refractivity (Wildman–Crippen MR) is 113 cm³/mol. The molecule has 1 aromatic heterocycles. The molecule has 144 valence electrons. The number of ether oxygens (including phenoxy) is 1. The molecule has 1 aliphatic heterocycles. The van der Waals surface area contributed by atoms with Crippen LogP contribution in [0.25, 0.3) is 11.3 Å². The summed E-state index contributed by atoms with van der Waals surface area (Å²) in [5.74, 6) is 1.56. The van der Waals surface area contributed by atoms with E-state index in [9.17, 15) is 0 Å². The van der Waals surface area contributed by atoms with Crippen LogP contribution < -0.4 is 5.32 Å². The van der Waals surface area contributed by atoms with Gasteiger partial charge in [-0.05, 0) is 31.5 Å². The number of morpholine rings is 1. The van der Waals surface area contributed by atoms with E-state index < -0.39 is 0 Å². The number of hydrogen-bond acceptors (Lipinski definition) is 5. The number of hydrogen-bond donors (Lipinski definition) is 1. The SMILES string of the molecule is Cc1ccc(-c2cc(Nc3ccc(CN4CCOCC4)cc3)nc(C)n2)cc1. The molecular formula is C23H26N4O. The Morgan fingerprint density at radius 1 is 0.929 bits per heavy atom. The van der Waals surface area contributed by atoms with Crippen LogP contribution in [0.15, 0.2) is 54.6 Å².